The smallest absolute Gasteiger partial charge is 0.253 e. The lowest BCUT2D eigenvalue weighted by Gasteiger charge is -2.29. The summed E-state index contributed by atoms with van der Waals surface area (Å²) in [5.41, 5.74) is 9.88. The fourth-order valence-electron chi connectivity index (χ4n) is 4.76. The number of hydrogen-bond donors (Lipinski definition) is 2. The highest BCUT2D eigenvalue weighted by molar-refractivity contribution is 7.99. The first-order valence-electron chi connectivity index (χ1n) is 11.8. The Morgan fingerprint density at radius 2 is 1.83 bits per heavy atom. The monoisotopic (exact) mass is 504 g/mol. The summed E-state index contributed by atoms with van der Waals surface area (Å²) in [6.45, 7) is 0. The van der Waals surface area contributed by atoms with Gasteiger partial charge in [0.25, 0.3) is 5.91 Å². The average molecular weight is 505 g/mol. The molecular weight excluding hydrogens is 476 g/mol. The van der Waals surface area contributed by atoms with Gasteiger partial charge in [0.2, 0.25) is 11.1 Å². The Bertz CT molecular complexity index is 1290. The Balaban J connectivity index is 1.46. The highest BCUT2D eigenvalue weighted by Crippen LogP contribution is 2.45. The lowest BCUT2D eigenvalue weighted by atomic mass is 9.77. The van der Waals surface area contributed by atoms with E-state index in [2.05, 4.69) is 21.3 Å². The zero-order valence-corrected chi connectivity index (χ0v) is 21.0. The van der Waals surface area contributed by atoms with Crippen LogP contribution in [-0.4, -0.2) is 51.8 Å². The fraction of sp³-hybridized carbons (Fsp3) is 0.308. The number of amides is 1. The molecule has 2 atom stereocenters. The Labute approximate surface area is 213 Å². The summed E-state index contributed by atoms with van der Waals surface area (Å²) >= 11 is 1.24. The number of hydrogen-bond acceptors (Lipinski definition) is 8. The Morgan fingerprint density at radius 1 is 1.14 bits per heavy atom. The number of ether oxygens (including phenoxy) is 2. The van der Waals surface area contributed by atoms with Crippen molar-refractivity contribution in [3.8, 4) is 11.5 Å². The molecule has 2 aromatic carbocycles. The van der Waals surface area contributed by atoms with Crippen molar-refractivity contribution in [1.82, 2.24) is 20.2 Å². The fourth-order valence-corrected chi connectivity index (χ4v) is 5.42. The van der Waals surface area contributed by atoms with Crippen LogP contribution < -0.4 is 15.2 Å². The predicted octanol–water partition coefficient (Wildman–Crippen LogP) is 4.32. The van der Waals surface area contributed by atoms with Crippen molar-refractivity contribution in [3.63, 3.8) is 0 Å². The molecule has 1 saturated carbocycles. The first-order chi connectivity index (χ1) is 17.6. The molecule has 1 amide bonds. The number of benzene rings is 2. The van der Waals surface area contributed by atoms with Crippen molar-refractivity contribution in [1.29, 1.82) is 0 Å². The summed E-state index contributed by atoms with van der Waals surface area (Å²) in [5.74, 6) is 1.99. The van der Waals surface area contributed by atoms with Gasteiger partial charge >= 0.3 is 0 Å². The van der Waals surface area contributed by atoms with E-state index in [4.69, 9.17) is 20.3 Å². The van der Waals surface area contributed by atoms with E-state index in [0.29, 0.717) is 5.16 Å². The number of nitrogens with one attached hydrogen (secondary N) is 1. The number of thioether (sulfide) groups is 1. The third-order valence-electron chi connectivity index (χ3n) is 6.48. The number of aromatic nitrogens is 3. The summed E-state index contributed by atoms with van der Waals surface area (Å²) in [4.78, 5) is 17.5. The van der Waals surface area contributed by atoms with E-state index >= 15 is 0 Å². The van der Waals surface area contributed by atoms with Gasteiger partial charge in [-0.2, -0.15) is 10.1 Å². The quantitative estimate of drug-likeness (QED) is 0.460. The highest BCUT2D eigenvalue weighted by Gasteiger charge is 2.43. The molecule has 1 aromatic heterocycles. The van der Waals surface area contributed by atoms with Gasteiger partial charge in [0, 0.05) is 5.92 Å². The second kappa shape index (κ2) is 10.4. The van der Waals surface area contributed by atoms with Crippen molar-refractivity contribution < 1.29 is 14.3 Å². The van der Waals surface area contributed by atoms with Crippen LogP contribution in [0.15, 0.2) is 64.4 Å². The maximum atomic E-state index is 13.5. The van der Waals surface area contributed by atoms with Gasteiger partial charge in [-0.1, -0.05) is 36.0 Å². The van der Waals surface area contributed by atoms with Gasteiger partial charge in [-0.25, -0.2) is 10.1 Å². The van der Waals surface area contributed by atoms with Crippen LogP contribution >= 0.6 is 11.8 Å². The van der Waals surface area contributed by atoms with Crippen molar-refractivity contribution in [2.24, 2.45) is 11.0 Å². The van der Waals surface area contributed by atoms with E-state index in [1.54, 1.807) is 19.2 Å². The number of carbonyl (C=O) groups is 1. The number of methoxy groups -OCH3 is 2. The summed E-state index contributed by atoms with van der Waals surface area (Å²) in [5, 5.41) is 13.6. The molecule has 1 fully saturated rings. The third-order valence-corrected chi connectivity index (χ3v) is 7.31. The van der Waals surface area contributed by atoms with Crippen LogP contribution in [0.4, 0.5) is 5.95 Å². The Hall–Kier alpha value is -3.79. The minimum atomic E-state index is -0.184. The lowest BCUT2D eigenvalue weighted by Crippen LogP contribution is -2.32. The SMILES string of the molecule is COc1ccc(/C=C2\CCC[C@H]3C2=NN(C(=O)CSc2n[nH]c(N)n2)[C@@H]3c2ccc(OC)cc2)cc1. The Kier molecular flexibility index (Phi) is 6.95. The van der Waals surface area contributed by atoms with Gasteiger partial charge in [-0.05, 0) is 66.3 Å². The molecule has 3 N–H and O–H groups in total. The zero-order valence-electron chi connectivity index (χ0n) is 20.2. The molecule has 1 aliphatic heterocycles. The van der Waals surface area contributed by atoms with Gasteiger partial charge in [-0.15, -0.1) is 5.10 Å². The lowest BCUT2D eigenvalue weighted by molar-refractivity contribution is -0.130. The number of H-pyrrole nitrogens is 1. The predicted molar refractivity (Wildman–Crippen MR) is 140 cm³/mol. The molecule has 2 aliphatic rings. The van der Waals surface area contributed by atoms with E-state index in [0.717, 1.165) is 47.6 Å². The molecular formula is C26H28N6O3S. The number of nitrogens with zero attached hydrogens (tertiary/aromatic N) is 4. The summed E-state index contributed by atoms with van der Waals surface area (Å²) in [6, 6.07) is 15.7. The number of fused-ring (bicyclic) bond motifs is 1. The number of anilines is 1. The second-order valence-electron chi connectivity index (χ2n) is 8.67. The first kappa shape index (κ1) is 23.9. The third kappa shape index (κ3) is 4.94. The molecule has 3 aromatic rings. The van der Waals surface area contributed by atoms with Gasteiger partial charge < -0.3 is 15.2 Å². The van der Waals surface area contributed by atoms with Crippen molar-refractivity contribution in [2.75, 3.05) is 25.7 Å². The molecule has 186 valence electrons. The molecule has 5 rings (SSSR count). The van der Waals surface area contributed by atoms with Crippen LogP contribution in [0, 0.1) is 5.92 Å². The number of rotatable bonds is 7. The number of allylic oxidation sites excluding steroid dienone is 1. The van der Waals surface area contributed by atoms with E-state index < -0.39 is 0 Å². The molecule has 9 nitrogen and oxygen atoms in total. The topological polar surface area (TPSA) is 119 Å². The maximum Gasteiger partial charge on any atom is 0.253 e. The standard InChI is InChI=1S/C26H28N6O3S/c1-34-19-10-6-16(7-11-19)14-18-4-3-5-21-23(18)31-32(22(33)15-36-26-28-25(27)29-30-26)24(21)17-8-12-20(35-2)13-9-17/h6-14,21,24H,3-5,15H2,1-2H3,(H3,27,28,29,30)/b18-14+/t21-,24+/m0/s1. The van der Waals surface area contributed by atoms with E-state index in [1.165, 1.54) is 17.3 Å². The van der Waals surface area contributed by atoms with Crippen LogP contribution in [0.25, 0.3) is 6.08 Å². The molecule has 36 heavy (non-hydrogen) atoms. The molecule has 0 radical (unpaired) electrons. The highest BCUT2D eigenvalue weighted by atomic mass is 32.2. The largest absolute Gasteiger partial charge is 0.497 e. The molecule has 0 saturated heterocycles. The van der Waals surface area contributed by atoms with E-state index in [1.807, 2.05) is 48.5 Å². The summed E-state index contributed by atoms with van der Waals surface area (Å²) < 4.78 is 10.6. The number of nitrogen functional groups attached to an aromatic ring is 1. The molecule has 2 heterocycles. The molecule has 0 unspecified atom stereocenters. The minimum absolute atomic E-state index is 0.102. The number of hydrazone groups is 1. The Morgan fingerprint density at radius 3 is 2.47 bits per heavy atom. The first-order valence-corrected chi connectivity index (χ1v) is 12.7. The van der Waals surface area contributed by atoms with Crippen LogP contribution in [0.1, 0.15) is 36.4 Å². The van der Waals surface area contributed by atoms with Gasteiger partial charge in [0.1, 0.15) is 11.5 Å². The van der Waals surface area contributed by atoms with Gasteiger partial charge in [0.05, 0.1) is 31.7 Å². The van der Waals surface area contributed by atoms with Gasteiger partial charge in [0.15, 0.2) is 0 Å². The average Bonchev–Trinajstić information content (AvgIpc) is 3.52. The van der Waals surface area contributed by atoms with E-state index in [-0.39, 0.29) is 29.6 Å². The number of nitrogens with two attached hydrogens (primary N) is 1. The van der Waals surface area contributed by atoms with Crippen LogP contribution in [0.5, 0.6) is 11.5 Å². The number of aromatic amines is 1. The van der Waals surface area contributed by atoms with Crippen LogP contribution in [0.2, 0.25) is 0 Å². The minimum Gasteiger partial charge on any atom is -0.497 e. The van der Waals surface area contributed by atoms with Crippen LogP contribution in [-0.2, 0) is 4.79 Å². The molecule has 0 spiro atoms. The second-order valence-corrected chi connectivity index (χ2v) is 9.62. The molecule has 10 heteroatoms. The summed E-state index contributed by atoms with van der Waals surface area (Å²) in [6.07, 6.45) is 5.09. The maximum absolute atomic E-state index is 13.5. The molecule has 0 bridgehead atoms. The number of carbonyl (C=O) groups excluding carboxylic acids is 1. The van der Waals surface area contributed by atoms with Gasteiger partial charge in [-0.3, -0.25) is 4.79 Å². The van der Waals surface area contributed by atoms with Crippen molar-refractivity contribution in [2.45, 2.75) is 30.5 Å². The van der Waals surface area contributed by atoms with Crippen molar-refractivity contribution >= 4 is 35.4 Å². The van der Waals surface area contributed by atoms with E-state index in [9.17, 15) is 4.79 Å². The summed E-state index contributed by atoms with van der Waals surface area (Å²) in [7, 11) is 3.30. The normalized spacial score (nSPS) is 20.2. The van der Waals surface area contributed by atoms with Crippen molar-refractivity contribution in [3.05, 3.63) is 65.2 Å². The molecule has 1 aliphatic carbocycles. The zero-order chi connectivity index (χ0) is 25.1. The van der Waals surface area contributed by atoms with Crippen LogP contribution in [0.3, 0.4) is 0 Å².